The van der Waals surface area contributed by atoms with E-state index in [2.05, 4.69) is 61.0 Å². The molecule has 0 spiro atoms. The summed E-state index contributed by atoms with van der Waals surface area (Å²) in [6, 6.07) is 25.8. The van der Waals surface area contributed by atoms with Crippen molar-refractivity contribution >= 4 is 16.9 Å². The lowest BCUT2D eigenvalue weighted by molar-refractivity contribution is 0.0949. The van der Waals surface area contributed by atoms with Gasteiger partial charge in [0.05, 0.1) is 24.2 Å². The third-order valence-corrected chi connectivity index (χ3v) is 5.94. The number of amides is 1. The average Bonchev–Trinajstić information content (AvgIpc) is 3.20. The minimum atomic E-state index is -0.0925. The molecule has 34 heavy (non-hydrogen) atoms. The first-order valence-electron chi connectivity index (χ1n) is 11.9. The van der Waals surface area contributed by atoms with Crippen molar-refractivity contribution < 1.29 is 9.53 Å². The fourth-order valence-corrected chi connectivity index (χ4v) is 3.97. The van der Waals surface area contributed by atoms with E-state index < -0.39 is 0 Å². The van der Waals surface area contributed by atoms with Crippen LogP contribution in [-0.2, 0) is 18.5 Å². The lowest BCUT2D eigenvalue weighted by atomic mass is 9.87. The molecule has 4 aromatic rings. The molecule has 0 fully saturated rings. The summed E-state index contributed by atoms with van der Waals surface area (Å²) in [4.78, 5) is 17.3. The molecule has 3 aromatic carbocycles. The van der Waals surface area contributed by atoms with E-state index in [1.54, 1.807) is 0 Å². The highest BCUT2D eigenvalue weighted by molar-refractivity contribution is 5.94. The molecule has 0 unspecified atom stereocenters. The van der Waals surface area contributed by atoms with Crippen molar-refractivity contribution in [2.45, 2.75) is 52.1 Å². The fourth-order valence-electron chi connectivity index (χ4n) is 3.97. The molecule has 1 N–H and O–H groups in total. The Morgan fingerprint density at radius 1 is 0.912 bits per heavy atom. The quantitative estimate of drug-likeness (QED) is 0.309. The third-order valence-electron chi connectivity index (χ3n) is 5.94. The summed E-state index contributed by atoms with van der Waals surface area (Å²) in [7, 11) is 0. The van der Waals surface area contributed by atoms with Gasteiger partial charge in [-0.25, -0.2) is 4.98 Å². The van der Waals surface area contributed by atoms with Gasteiger partial charge in [0.25, 0.3) is 5.91 Å². The largest absolute Gasteiger partial charge is 0.494 e. The number of aryl methyl sites for hydroxylation is 1. The molecule has 5 heteroatoms. The van der Waals surface area contributed by atoms with Gasteiger partial charge in [-0.1, -0.05) is 63.2 Å². The first-order chi connectivity index (χ1) is 16.4. The maximum atomic E-state index is 12.5. The smallest absolute Gasteiger partial charge is 0.251 e. The highest BCUT2D eigenvalue weighted by Crippen LogP contribution is 2.24. The second-order valence-corrected chi connectivity index (χ2v) is 9.55. The van der Waals surface area contributed by atoms with Crippen molar-refractivity contribution in [3.05, 3.63) is 95.8 Å². The summed E-state index contributed by atoms with van der Waals surface area (Å²) in [5.41, 5.74) is 4.13. The topological polar surface area (TPSA) is 56.1 Å². The first kappa shape index (κ1) is 23.6. The zero-order chi connectivity index (χ0) is 24.0. The molecule has 0 aliphatic heterocycles. The van der Waals surface area contributed by atoms with Gasteiger partial charge >= 0.3 is 0 Å². The zero-order valence-corrected chi connectivity index (χ0v) is 20.3. The molecule has 1 aromatic heterocycles. The molecule has 0 atom stereocenters. The Balaban J connectivity index is 1.33. The molecular weight excluding hydrogens is 422 g/mol. The van der Waals surface area contributed by atoms with Crippen LogP contribution in [0.2, 0.25) is 0 Å². The Hall–Kier alpha value is -3.60. The van der Waals surface area contributed by atoms with Crippen molar-refractivity contribution in [3.63, 3.8) is 0 Å². The van der Waals surface area contributed by atoms with Gasteiger partial charge in [-0.3, -0.25) is 4.79 Å². The third kappa shape index (κ3) is 5.84. The fraction of sp³-hybridized carbons (Fsp3) is 0.310. The molecule has 0 aliphatic carbocycles. The number of benzene rings is 3. The molecular formula is C29H33N3O2. The summed E-state index contributed by atoms with van der Waals surface area (Å²) in [6.07, 6.45) is 1.89. The van der Waals surface area contributed by atoms with E-state index in [1.165, 1.54) is 5.56 Å². The lowest BCUT2D eigenvalue weighted by Crippen LogP contribution is -2.24. The zero-order valence-electron chi connectivity index (χ0n) is 20.3. The normalized spacial score (nSPS) is 11.5. The van der Waals surface area contributed by atoms with E-state index >= 15 is 0 Å². The molecule has 0 aliphatic rings. The van der Waals surface area contributed by atoms with Crippen LogP contribution >= 0.6 is 0 Å². The molecule has 1 heterocycles. The predicted molar refractivity (Wildman–Crippen MR) is 137 cm³/mol. The highest BCUT2D eigenvalue weighted by atomic mass is 16.5. The molecule has 0 bridgehead atoms. The number of nitrogens with one attached hydrogen (secondary N) is 1. The summed E-state index contributed by atoms with van der Waals surface area (Å²) < 4.78 is 8.16. The van der Waals surface area contributed by atoms with Crippen LogP contribution in [0.4, 0.5) is 0 Å². The van der Waals surface area contributed by atoms with Gasteiger partial charge in [0.1, 0.15) is 11.6 Å². The number of hydrogen-bond donors (Lipinski definition) is 1. The lowest BCUT2D eigenvalue weighted by Gasteiger charge is -2.19. The number of ether oxygens (including phenoxy) is 1. The van der Waals surface area contributed by atoms with Crippen molar-refractivity contribution in [1.29, 1.82) is 0 Å². The Labute approximate surface area is 201 Å². The minimum Gasteiger partial charge on any atom is -0.494 e. The van der Waals surface area contributed by atoms with E-state index in [0.717, 1.165) is 42.0 Å². The minimum absolute atomic E-state index is 0.0925. The second-order valence-electron chi connectivity index (χ2n) is 9.55. The van der Waals surface area contributed by atoms with Gasteiger partial charge in [-0.15, -0.1) is 0 Å². The maximum Gasteiger partial charge on any atom is 0.251 e. The van der Waals surface area contributed by atoms with Crippen LogP contribution in [0, 0.1) is 0 Å². The number of unbranched alkanes of at least 4 members (excludes halogenated alkanes) is 1. The Bertz CT molecular complexity index is 1220. The number of nitrogens with zero attached hydrogens (tertiary/aromatic N) is 2. The van der Waals surface area contributed by atoms with Gasteiger partial charge in [0.2, 0.25) is 0 Å². The van der Waals surface area contributed by atoms with Gasteiger partial charge in [-0.2, -0.15) is 0 Å². The van der Waals surface area contributed by atoms with Gasteiger partial charge in [0.15, 0.2) is 0 Å². The van der Waals surface area contributed by atoms with Crippen molar-refractivity contribution in [2.24, 2.45) is 0 Å². The predicted octanol–water partition coefficient (Wildman–Crippen LogP) is 6.12. The molecule has 0 saturated heterocycles. The second kappa shape index (κ2) is 10.6. The van der Waals surface area contributed by atoms with Crippen LogP contribution in [0.15, 0.2) is 78.9 Å². The van der Waals surface area contributed by atoms with E-state index in [1.807, 2.05) is 48.5 Å². The van der Waals surface area contributed by atoms with E-state index in [9.17, 15) is 4.79 Å². The molecule has 5 nitrogen and oxygen atoms in total. The number of rotatable bonds is 9. The number of para-hydroxylation sites is 2. The Kier molecular flexibility index (Phi) is 7.31. The summed E-state index contributed by atoms with van der Waals surface area (Å²) in [5.74, 6) is 1.68. The van der Waals surface area contributed by atoms with Gasteiger partial charge in [0, 0.05) is 12.1 Å². The van der Waals surface area contributed by atoms with E-state index in [4.69, 9.17) is 9.72 Å². The van der Waals surface area contributed by atoms with Crippen LogP contribution in [-0.4, -0.2) is 22.1 Å². The molecule has 0 radical (unpaired) electrons. The molecule has 176 valence electrons. The summed E-state index contributed by atoms with van der Waals surface area (Å²) in [5, 5.41) is 3.01. The number of carbonyl (C=O) groups is 1. The van der Waals surface area contributed by atoms with Crippen molar-refractivity contribution in [3.8, 4) is 5.75 Å². The van der Waals surface area contributed by atoms with Crippen LogP contribution in [0.3, 0.4) is 0 Å². The molecule has 0 saturated carbocycles. The number of aromatic nitrogens is 2. The number of fused-ring (bicyclic) bond motifs is 1. The number of hydrogen-bond acceptors (Lipinski definition) is 3. The number of imidazole rings is 1. The van der Waals surface area contributed by atoms with E-state index in [-0.39, 0.29) is 11.3 Å². The molecule has 1 amide bonds. The summed E-state index contributed by atoms with van der Waals surface area (Å²) in [6.45, 7) is 8.52. The van der Waals surface area contributed by atoms with Crippen LogP contribution in [0.25, 0.3) is 11.0 Å². The number of carbonyl (C=O) groups excluding carboxylic acids is 1. The first-order valence-corrected chi connectivity index (χ1v) is 11.9. The van der Waals surface area contributed by atoms with Gasteiger partial charge in [-0.05, 0) is 60.2 Å². The highest BCUT2D eigenvalue weighted by Gasteiger charge is 2.14. The Morgan fingerprint density at radius 2 is 1.62 bits per heavy atom. The van der Waals surface area contributed by atoms with Crippen molar-refractivity contribution in [2.75, 3.05) is 6.61 Å². The Morgan fingerprint density at radius 3 is 2.35 bits per heavy atom. The standard InChI is InChI=1S/C29H33N3O2/c1-29(2,3)23-15-17-24(18-16-23)34-20-10-9-19-32-26-14-8-7-13-25(26)31-27(32)21-30-28(33)22-11-5-4-6-12-22/h4-8,11-18H,9-10,19-21H2,1-3H3,(H,30,33). The SMILES string of the molecule is CC(C)(C)c1ccc(OCCCCn2c(CNC(=O)c3ccccc3)nc3ccccc32)cc1. The van der Waals surface area contributed by atoms with Crippen LogP contribution in [0.5, 0.6) is 5.75 Å². The van der Waals surface area contributed by atoms with Crippen LogP contribution < -0.4 is 10.1 Å². The summed E-state index contributed by atoms with van der Waals surface area (Å²) >= 11 is 0. The molecule has 4 rings (SSSR count). The maximum absolute atomic E-state index is 12.5. The van der Waals surface area contributed by atoms with Gasteiger partial charge < -0.3 is 14.6 Å². The van der Waals surface area contributed by atoms with E-state index in [0.29, 0.717) is 18.7 Å². The average molecular weight is 456 g/mol. The monoisotopic (exact) mass is 455 g/mol. The van der Waals surface area contributed by atoms with Crippen LogP contribution in [0.1, 0.15) is 55.4 Å². The van der Waals surface area contributed by atoms with Crippen molar-refractivity contribution in [1.82, 2.24) is 14.9 Å².